The average Bonchev–Trinajstić information content (AvgIpc) is 3.50. The Morgan fingerprint density at radius 2 is 2.09 bits per heavy atom. The van der Waals surface area contributed by atoms with Gasteiger partial charge in [0.1, 0.15) is 16.5 Å². The molecular formula is C23H24FN5O2S2. The third-order valence-corrected chi connectivity index (χ3v) is 8.14. The van der Waals surface area contributed by atoms with Gasteiger partial charge in [-0.05, 0) is 63.4 Å². The molecule has 2 atom stereocenters. The van der Waals surface area contributed by atoms with Crippen molar-refractivity contribution in [2.45, 2.75) is 56.7 Å². The summed E-state index contributed by atoms with van der Waals surface area (Å²) in [7, 11) is 0. The van der Waals surface area contributed by atoms with Gasteiger partial charge in [-0.15, -0.1) is 21.5 Å². The van der Waals surface area contributed by atoms with Crippen molar-refractivity contribution < 1.29 is 9.13 Å². The van der Waals surface area contributed by atoms with E-state index in [2.05, 4.69) is 15.2 Å². The number of thioether (sulfide) groups is 1. The summed E-state index contributed by atoms with van der Waals surface area (Å²) >= 11 is 3.02. The molecule has 5 rings (SSSR count). The van der Waals surface area contributed by atoms with E-state index in [4.69, 9.17) is 9.72 Å². The summed E-state index contributed by atoms with van der Waals surface area (Å²) < 4.78 is 21.3. The summed E-state index contributed by atoms with van der Waals surface area (Å²) in [5, 5.41) is 10.1. The highest BCUT2D eigenvalue weighted by atomic mass is 32.2. The van der Waals surface area contributed by atoms with Gasteiger partial charge >= 0.3 is 0 Å². The van der Waals surface area contributed by atoms with E-state index in [0.717, 1.165) is 40.3 Å². The van der Waals surface area contributed by atoms with Crippen LogP contribution in [0.4, 0.5) is 4.39 Å². The van der Waals surface area contributed by atoms with Crippen molar-refractivity contribution in [2.75, 3.05) is 6.61 Å². The van der Waals surface area contributed by atoms with Crippen LogP contribution in [-0.2, 0) is 11.3 Å². The van der Waals surface area contributed by atoms with Crippen LogP contribution in [0, 0.1) is 19.7 Å². The number of ether oxygens (including phenoxy) is 1. The number of aryl methyl sites for hydroxylation is 2. The summed E-state index contributed by atoms with van der Waals surface area (Å²) in [5.41, 5.74) is 1.66. The molecule has 172 valence electrons. The lowest BCUT2D eigenvalue weighted by molar-refractivity contribution is 0.0953. The number of rotatable bonds is 6. The van der Waals surface area contributed by atoms with Crippen molar-refractivity contribution in [1.29, 1.82) is 0 Å². The average molecular weight is 486 g/mol. The summed E-state index contributed by atoms with van der Waals surface area (Å²) in [5.74, 6) is 0.979. The Balaban J connectivity index is 1.49. The van der Waals surface area contributed by atoms with Crippen molar-refractivity contribution in [3.63, 3.8) is 0 Å². The molecule has 0 unspecified atom stereocenters. The lowest BCUT2D eigenvalue weighted by atomic mass is 10.2. The lowest BCUT2D eigenvalue weighted by Gasteiger charge is -2.16. The molecule has 1 aromatic carbocycles. The number of hydrogen-bond donors (Lipinski definition) is 1. The zero-order chi connectivity index (χ0) is 23.1. The summed E-state index contributed by atoms with van der Waals surface area (Å²) in [6.07, 6.45) is 2.09. The molecule has 0 bridgehead atoms. The first kappa shape index (κ1) is 22.2. The first-order valence-corrected chi connectivity index (χ1v) is 12.6. The number of halogens is 1. The molecule has 0 amide bonds. The fraction of sp³-hybridized carbons (Fsp3) is 0.391. The number of aromatic amines is 1. The Bertz CT molecular complexity index is 1360. The topological polar surface area (TPSA) is 85.7 Å². The van der Waals surface area contributed by atoms with Gasteiger partial charge in [0, 0.05) is 17.0 Å². The monoisotopic (exact) mass is 485 g/mol. The molecule has 0 radical (unpaired) electrons. The molecule has 1 N–H and O–H groups in total. The molecule has 1 aliphatic rings. The van der Waals surface area contributed by atoms with E-state index in [0.29, 0.717) is 28.7 Å². The molecular weight excluding hydrogens is 461 g/mol. The maximum atomic E-state index is 13.5. The number of benzene rings is 1. The highest BCUT2D eigenvalue weighted by Gasteiger charge is 2.24. The van der Waals surface area contributed by atoms with E-state index in [1.165, 1.54) is 35.2 Å². The number of nitrogens with one attached hydrogen (secondary N) is 1. The third-order valence-electron chi connectivity index (χ3n) is 5.95. The molecule has 0 aliphatic carbocycles. The number of thiophene rings is 1. The Labute approximate surface area is 198 Å². The molecule has 4 heterocycles. The van der Waals surface area contributed by atoms with Crippen LogP contribution in [0.3, 0.4) is 0 Å². The van der Waals surface area contributed by atoms with Crippen LogP contribution in [0.1, 0.15) is 41.3 Å². The van der Waals surface area contributed by atoms with Crippen LogP contribution >= 0.6 is 23.1 Å². The molecule has 1 saturated heterocycles. The van der Waals surface area contributed by atoms with Crippen molar-refractivity contribution in [1.82, 2.24) is 24.7 Å². The third kappa shape index (κ3) is 4.34. The van der Waals surface area contributed by atoms with Crippen LogP contribution in [0.5, 0.6) is 0 Å². The van der Waals surface area contributed by atoms with E-state index < -0.39 is 0 Å². The smallest absolute Gasteiger partial charge is 0.259 e. The SMILES string of the molecule is Cc1sc2nc([C@H](C)Sc3nnc(-c4ccc(F)cc4)n3C[C@H]3CCCO3)[nH]c(=O)c2c1C. The normalized spacial score (nSPS) is 17.2. The standard InChI is InChI=1S/C23H24FN5O2S2/c1-12-13(2)32-22-18(12)21(30)25-19(26-22)14(3)33-23-28-27-20(15-6-8-16(24)9-7-15)29(23)11-17-5-4-10-31-17/h6-9,14,17H,4-5,10-11H2,1-3H3,(H,25,26,30)/t14-,17+/m0/s1. The van der Waals surface area contributed by atoms with E-state index in [1.807, 2.05) is 25.3 Å². The summed E-state index contributed by atoms with van der Waals surface area (Å²) in [6.45, 7) is 7.31. The Hall–Kier alpha value is -2.56. The van der Waals surface area contributed by atoms with Crippen LogP contribution in [0.2, 0.25) is 0 Å². The van der Waals surface area contributed by atoms with Crippen LogP contribution in [0.15, 0.2) is 34.2 Å². The van der Waals surface area contributed by atoms with E-state index in [9.17, 15) is 9.18 Å². The lowest BCUT2D eigenvalue weighted by Crippen LogP contribution is -2.17. The van der Waals surface area contributed by atoms with Crippen LogP contribution in [-0.4, -0.2) is 37.4 Å². The van der Waals surface area contributed by atoms with Crippen molar-refractivity contribution >= 4 is 33.3 Å². The first-order chi connectivity index (χ1) is 15.9. The van der Waals surface area contributed by atoms with Gasteiger partial charge in [0.05, 0.1) is 23.3 Å². The molecule has 3 aromatic heterocycles. The van der Waals surface area contributed by atoms with Gasteiger partial charge in [0.25, 0.3) is 5.56 Å². The molecule has 7 nitrogen and oxygen atoms in total. The van der Waals surface area contributed by atoms with Gasteiger partial charge < -0.3 is 9.72 Å². The highest BCUT2D eigenvalue weighted by molar-refractivity contribution is 7.99. The minimum Gasteiger partial charge on any atom is -0.376 e. The number of aromatic nitrogens is 5. The Morgan fingerprint density at radius 3 is 2.82 bits per heavy atom. The molecule has 0 saturated carbocycles. The second-order valence-electron chi connectivity index (χ2n) is 8.23. The first-order valence-electron chi connectivity index (χ1n) is 10.9. The summed E-state index contributed by atoms with van der Waals surface area (Å²) in [4.78, 5) is 22.3. The molecule has 33 heavy (non-hydrogen) atoms. The van der Waals surface area contributed by atoms with Gasteiger partial charge in [0.2, 0.25) is 0 Å². The molecule has 1 fully saturated rings. The van der Waals surface area contributed by atoms with Crippen LogP contribution < -0.4 is 5.56 Å². The number of hydrogen-bond acceptors (Lipinski definition) is 7. The maximum Gasteiger partial charge on any atom is 0.259 e. The minimum absolute atomic E-state index is 0.0844. The fourth-order valence-corrected chi connectivity index (χ4v) is 5.98. The number of H-pyrrole nitrogens is 1. The van der Waals surface area contributed by atoms with E-state index in [1.54, 1.807) is 12.1 Å². The molecule has 1 aliphatic heterocycles. The second kappa shape index (κ2) is 9.00. The second-order valence-corrected chi connectivity index (χ2v) is 10.7. The van der Waals surface area contributed by atoms with Crippen molar-refractivity contribution in [3.8, 4) is 11.4 Å². The van der Waals surface area contributed by atoms with Gasteiger partial charge in [-0.2, -0.15) is 0 Å². The van der Waals surface area contributed by atoms with Gasteiger partial charge in [0.15, 0.2) is 11.0 Å². The zero-order valence-electron chi connectivity index (χ0n) is 18.6. The van der Waals surface area contributed by atoms with Crippen molar-refractivity contribution in [3.05, 3.63) is 56.7 Å². The highest BCUT2D eigenvalue weighted by Crippen LogP contribution is 2.36. The number of nitrogens with zero attached hydrogens (tertiary/aromatic N) is 4. The Kier molecular flexibility index (Phi) is 6.07. The van der Waals surface area contributed by atoms with Crippen molar-refractivity contribution in [2.24, 2.45) is 0 Å². The van der Waals surface area contributed by atoms with Gasteiger partial charge in [-0.3, -0.25) is 9.36 Å². The summed E-state index contributed by atoms with van der Waals surface area (Å²) in [6, 6.07) is 6.25. The van der Waals surface area contributed by atoms with Crippen LogP contribution in [0.25, 0.3) is 21.6 Å². The molecule has 0 spiro atoms. The van der Waals surface area contributed by atoms with Gasteiger partial charge in [-0.1, -0.05) is 11.8 Å². The minimum atomic E-state index is -0.295. The number of fused-ring (bicyclic) bond motifs is 1. The van der Waals surface area contributed by atoms with Gasteiger partial charge in [-0.25, -0.2) is 9.37 Å². The quantitative estimate of drug-likeness (QED) is 0.386. The predicted octanol–water partition coefficient (Wildman–Crippen LogP) is 5.03. The predicted molar refractivity (Wildman–Crippen MR) is 128 cm³/mol. The van der Waals surface area contributed by atoms with E-state index in [-0.39, 0.29) is 22.7 Å². The van der Waals surface area contributed by atoms with E-state index >= 15 is 0 Å². The largest absolute Gasteiger partial charge is 0.376 e. The Morgan fingerprint density at radius 1 is 1.30 bits per heavy atom. The molecule has 4 aromatic rings. The maximum absolute atomic E-state index is 13.5. The molecule has 10 heteroatoms. The fourth-order valence-electron chi connectivity index (χ4n) is 4.02. The zero-order valence-corrected chi connectivity index (χ0v) is 20.2.